The normalized spacial score (nSPS) is 12.0. The molecule has 0 heterocycles. The van der Waals surface area contributed by atoms with E-state index in [1.54, 1.807) is 0 Å². The topological polar surface area (TPSA) is 26.3 Å². The molecule has 0 aliphatic carbocycles. The molecule has 0 aliphatic rings. The van der Waals surface area contributed by atoms with E-state index in [0.717, 1.165) is 16.5 Å². The summed E-state index contributed by atoms with van der Waals surface area (Å²) in [5, 5.41) is 2.32. The Morgan fingerprint density at radius 3 is 2.36 bits per heavy atom. The zero-order valence-corrected chi connectivity index (χ0v) is 12.5. The quantitative estimate of drug-likeness (QED) is 0.652. The fraction of sp³-hybridized carbons (Fsp3) is 0.150. The van der Waals surface area contributed by atoms with Crippen molar-refractivity contribution in [2.75, 3.05) is 0 Å². The van der Waals surface area contributed by atoms with E-state index in [-0.39, 0.29) is 11.9 Å². The van der Waals surface area contributed by atoms with Gasteiger partial charge >= 0.3 is 5.97 Å². The molecule has 0 saturated heterocycles. The third kappa shape index (κ3) is 3.17. The lowest BCUT2D eigenvalue weighted by atomic mass is 9.98. The minimum atomic E-state index is -0.270. The van der Waals surface area contributed by atoms with Crippen molar-refractivity contribution >= 4 is 16.7 Å². The SMILES string of the molecule is C[C@H](C(=O)OCc1ccccc1)c1ccc2ccccc2c1. The number of benzene rings is 3. The van der Waals surface area contributed by atoms with Crippen molar-refractivity contribution in [2.24, 2.45) is 0 Å². The standard InChI is InChI=1S/C20H18O2/c1-15(20(21)22-14-16-7-3-2-4-8-16)18-12-11-17-9-5-6-10-19(17)13-18/h2-13,15H,14H2,1H3/t15-/m0/s1. The summed E-state index contributed by atoms with van der Waals surface area (Å²) in [6.45, 7) is 2.20. The number of esters is 1. The third-order valence-electron chi connectivity index (χ3n) is 3.85. The second kappa shape index (κ2) is 6.44. The molecule has 0 radical (unpaired) electrons. The first-order valence-corrected chi connectivity index (χ1v) is 7.43. The molecule has 2 nitrogen and oxygen atoms in total. The molecular weight excluding hydrogens is 272 g/mol. The number of rotatable bonds is 4. The first-order valence-electron chi connectivity index (χ1n) is 7.43. The van der Waals surface area contributed by atoms with Crippen LogP contribution in [0.15, 0.2) is 72.8 Å². The smallest absolute Gasteiger partial charge is 0.313 e. The predicted octanol–water partition coefficient (Wildman–Crippen LogP) is 4.69. The lowest BCUT2D eigenvalue weighted by molar-refractivity contribution is -0.146. The maximum Gasteiger partial charge on any atom is 0.313 e. The van der Waals surface area contributed by atoms with Crippen molar-refractivity contribution in [3.63, 3.8) is 0 Å². The monoisotopic (exact) mass is 290 g/mol. The van der Waals surface area contributed by atoms with E-state index in [1.165, 1.54) is 5.39 Å². The molecule has 0 amide bonds. The summed E-state index contributed by atoms with van der Waals surface area (Å²) in [4.78, 5) is 12.2. The summed E-state index contributed by atoms with van der Waals surface area (Å²) >= 11 is 0. The number of carbonyl (C=O) groups excluding carboxylic acids is 1. The molecule has 110 valence electrons. The molecule has 0 aromatic heterocycles. The van der Waals surface area contributed by atoms with Gasteiger partial charge in [-0.05, 0) is 28.8 Å². The van der Waals surface area contributed by atoms with Crippen LogP contribution in [0.5, 0.6) is 0 Å². The van der Waals surface area contributed by atoms with E-state index in [2.05, 4.69) is 18.2 Å². The van der Waals surface area contributed by atoms with Gasteiger partial charge < -0.3 is 4.74 Å². The average molecular weight is 290 g/mol. The molecule has 0 spiro atoms. The molecule has 1 atom stereocenters. The minimum Gasteiger partial charge on any atom is -0.460 e. The van der Waals surface area contributed by atoms with Crippen LogP contribution in [0.25, 0.3) is 10.8 Å². The molecular formula is C20H18O2. The van der Waals surface area contributed by atoms with E-state index in [9.17, 15) is 4.79 Å². The van der Waals surface area contributed by atoms with Gasteiger partial charge in [-0.2, -0.15) is 0 Å². The Kier molecular flexibility index (Phi) is 4.19. The minimum absolute atomic E-state index is 0.195. The first kappa shape index (κ1) is 14.3. The zero-order valence-electron chi connectivity index (χ0n) is 12.5. The van der Waals surface area contributed by atoms with Crippen LogP contribution in [-0.4, -0.2) is 5.97 Å². The summed E-state index contributed by atoms with van der Waals surface area (Å²) in [5.41, 5.74) is 1.98. The molecule has 0 bridgehead atoms. The van der Waals surface area contributed by atoms with Crippen molar-refractivity contribution in [2.45, 2.75) is 19.4 Å². The van der Waals surface area contributed by atoms with Gasteiger partial charge in [0, 0.05) is 0 Å². The fourth-order valence-electron chi connectivity index (χ4n) is 2.47. The van der Waals surface area contributed by atoms with Crippen molar-refractivity contribution < 1.29 is 9.53 Å². The van der Waals surface area contributed by atoms with E-state index in [4.69, 9.17) is 4.74 Å². The Labute approximate surface area is 130 Å². The summed E-state index contributed by atoms with van der Waals surface area (Å²) in [6, 6.07) is 24.0. The maximum atomic E-state index is 12.2. The molecule has 2 heteroatoms. The molecule has 0 N–H and O–H groups in total. The average Bonchev–Trinajstić information content (AvgIpc) is 2.59. The predicted molar refractivity (Wildman–Crippen MR) is 88.6 cm³/mol. The van der Waals surface area contributed by atoms with Gasteiger partial charge in [0.15, 0.2) is 0 Å². The van der Waals surface area contributed by atoms with Crippen LogP contribution in [0.4, 0.5) is 0 Å². The number of hydrogen-bond donors (Lipinski definition) is 0. The summed E-state index contributed by atoms with van der Waals surface area (Å²) in [6.07, 6.45) is 0. The van der Waals surface area contributed by atoms with Crippen LogP contribution in [0, 0.1) is 0 Å². The molecule has 0 saturated carbocycles. The highest BCUT2D eigenvalue weighted by Gasteiger charge is 2.17. The van der Waals surface area contributed by atoms with Gasteiger partial charge in [0.05, 0.1) is 5.92 Å². The lowest BCUT2D eigenvalue weighted by Crippen LogP contribution is -2.13. The van der Waals surface area contributed by atoms with Crippen LogP contribution in [-0.2, 0) is 16.1 Å². The summed E-state index contributed by atoms with van der Waals surface area (Å²) in [7, 11) is 0. The van der Waals surface area contributed by atoms with Gasteiger partial charge in [-0.1, -0.05) is 72.8 Å². The van der Waals surface area contributed by atoms with Gasteiger partial charge in [-0.15, -0.1) is 0 Å². The number of ether oxygens (including phenoxy) is 1. The Bertz CT molecular complexity index is 778. The lowest BCUT2D eigenvalue weighted by Gasteiger charge is -2.12. The molecule has 0 unspecified atom stereocenters. The van der Waals surface area contributed by atoms with Crippen LogP contribution < -0.4 is 0 Å². The van der Waals surface area contributed by atoms with E-state index in [1.807, 2.05) is 61.5 Å². The molecule has 22 heavy (non-hydrogen) atoms. The van der Waals surface area contributed by atoms with Crippen molar-refractivity contribution in [3.05, 3.63) is 83.9 Å². The van der Waals surface area contributed by atoms with Gasteiger partial charge in [0.2, 0.25) is 0 Å². The second-order valence-electron chi connectivity index (χ2n) is 5.42. The van der Waals surface area contributed by atoms with Crippen molar-refractivity contribution in [3.8, 4) is 0 Å². The summed E-state index contributed by atoms with van der Waals surface area (Å²) in [5.74, 6) is -0.465. The first-order chi connectivity index (χ1) is 10.7. The Morgan fingerprint density at radius 1 is 0.909 bits per heavy atom. The Balaban J connectivity index is 1.71. The number of carbonyl (C=O) groups is 1. The van der Waals surface area contributed by atoms with Gasteiger partial charge in [0.1, 0.15) is 6.61 Å². The largest absolute Gasteiger partial charge is 0.460 e. The third-order valence-corrected chi connectivity index (χ3v) is 3.85. The molecule has 0 aliphatic heterocycles. The molecule has 3 rings (SSSR count). The van der Waals surface area contributed by atoms with E-state index < -0.39 is 0 Å². The molecule has 3 aromatic carbocycles. The zero-order chi connectivity index (χ0) is 15.4. The molecule has 3 aromatic rings. The van der Waals surface area contributed by atoms with E-state index >= 15 is 0 Å². The Hall–Kier alpha value is -2.61. The highest BCUT2D eigenvalue weighted by Crippen LogP contribution is 2.23. The van der Waals surface area contributed by atoms with Crippen LogP contribution in [0.1, 0.15) is 24.0 Å². The maximum absolute atomic E-state index is 12.2. The van der Waals surface area contributed by atoms with E-state index in [0.29, 0.717) is 6.61 Å². The van der Waals surface area contributed by atoms with Crippen LogP contribution in [0.3, 0.4) is 0 Å². The highest BCUT2D eigenvalue weighted by atomic mass is 16.5. The number of hydrogen-bond acceptors (Lipinski definition) is 2. The second-order valence-corrected chi connectivity index (χ2v) is 5.42. The molecule has 0 fully saturated rings. The van der Waals surface area contributed by atoms with Crippen LogP contribution in [0.2, 0.25) is 0 Å². The van der Waals surface area contributed by atoms with Crippen LogP contribution >= 0.6 is 0 Å². The number of fused-ring (bicyclic) bond motifs is 1. The summed E-state index contributed by atoms with van der Waals surface area (Å²) < 4.78 is 5.42. The van der Waals surface area contributed by atoms with Gasteiger partial charge in [-0.25, -0.2) is 0 Å². The van der Waals surface area contributed by atoms with Crippen molar-refractivity contribution in [1.82, 2.24) is 0 Å². The van der Waals surface area contributed by atoms with Crippen molar-refractivity contribution in [1.29, 1.82) is 0 Å². The fourth-order valence-corrected chi connectivity index (χ4v) is 2.47. The van der Waals surface area contributed by atoms with Gasteiger partial charge in [0.25, 0.3) is 0 Å². The van der Waals surface area contributed by atoms with Gasteiger partial charge in [-0.3, -0.25) is 4.79 Å². The Morgan fingerprint density at radius 2 is 1.59 bits per heavy atom. The highest BCUT2D eigenvalue weighted by molar-refractivity contribution is 5.85.